The zero-order chi connectivity index (χ0) is 13.0. The van der Waals surface area contributed by atoms with Crippen LogP contribution in [0.2, 0.25) is 0 Å². The van der Waals surface area contributed by atoms with Crippen LogP contribution in [0.15, 0.2) is 18.3 Å². The molecule has 18 heavy (non-hydrogen) atoms. The number of hydrogen-bond donors (Lipinski definition) is 2. The highest BCUT2D eigenvalue weighted by Gasteiger charge is 2.18. The van der Waals surface area contributed by atoms with E-state index in [1.165, 1.54) is 19.3 Å². The second-order valence-electron chi connectivity index (χ2n) is 5.22. The molecule has 1 heterocycles. The first-order valence-corrected chi connectivity index (χ1v) is 6.68. The Hall–Kier alpha value is -1.58. The van der Waals surface area contributed by atoms with Crippen LogP contribution in [0.1, 0.15) is 49.4 Å². The van der Waals surface area contributed by atoms with E-state index in [2.05, 4.69) is 17.2 Å². The van der Waals surface area contributed by atoms with Gasteiger partial charge in [-0.25, -0.2) is 4.98 Å². The van der Waals surface area contributed by atoms with Gasteiger partial charge in [0.05, 0.1) is 5.56 Å². The van der Waals surface area contributed by atoms with E-state index in [9.17, 15) is 4.79 Å². The summed E-state index contributed by atoms with van der Waals surface area (Å²) in [6.07, 6.45) is 7.72. The van der Waals surface area contributed by atoms with Crippen LogP contribution in [-0.4, -0.2) is 16.9 Å². The number of nitrogens with two attached hydrogens (primary N) is 1. The van der Waals surface area contributed by atoms with Crippen molar-refractivity contribution in [3.05, 3.63) is 23.9 Å². The van der Waals surface area contributed by atoms with Crippen LogP contribution in [-0.2, 0) is 0 Å². The first-order valence-electron chi connectivity index (χ1n) is 6.68. The second-order valence-corrected chi connectivity index (χ2v) is 5.22. The number of pyridine rings is 1. The predicted octanol–water partition coefficient (Wildman–Crippen LogP) is 2.56. The van der Waals surface area contributed by atoms with Crippen LogP contribution in [0, 0.1) is 5.92 Å². The Labute approximate surface area is 108 Å². The maximum absolute atomic E-state index is 11.3. The molecule has 2 unspecified atom stereocenters. The molecule has 1 aromatic heterocycles. The zero-order valence-corrected chi connectivity index (χ0v) is 10.9. The van der Waals surface area contributed by atoms with Gasteiger partial charge in [0.15, 0.2) is 0 Å². The molecule has 0 aromatic carbocycles. The van der Waals surface area contributed by atoms with Gasteiger partial charge in [-0.3, -0.25) is 4.79 Å². The maximum Gasteiger partial charge on any atom is 0.252 e. The standard InChI is InChI=1S/C14H21N3O/c1-10-4-2-5-11(8-7-10)17-14-12(13(15)18)6-3-9-16-14/h3,6,9-11H,2,4-5,7-8H2,1H3,(H2,15,18)(H,16,17). The predicted molar refractivity (Wildman–Crippen MR) is 72.4 cm³/mol. The van der Waals surface area contributed by atoms with Crippen molar-refractivity contribution in [2.75, 3.05) is 5.32 Å². The normalized spacial score (nSPS) is 24.3. The second kappa shape index (κ2) is 5.85. The number of aromatic nitrogens is 1. The molecule has 1 amide bonds. The number of primary amides is 1. The highest BCUT2D eigenvalue weighted by Crippen LogP contribution is 2.25. The molecule has 2 atom stereocenters. The summed E-state index contributed by atoms with van der Waals surface area (Å²) < 4.78 is 0. The number of hydrogen-bond acceptors (Lipinski definition) is 3. The van der Waals surface area contributed by atoms with Crippen molar-refractivity contribution in [3.63, 3.8) is 0 Å². The van der Waals surface area contributed by atoms with Gasteiger partial charge in [-0.2, -0.15) is 0 Å². The Morgan fingerprint density at radius 3 is 3.00 bits per heavy atom. The Bertz CT molecular complexity index is 419. The molecule has 1 aliphatic rings. The minimum absolute atomic E-state index is 0.406. The number of rotatable bonds is 3. The average molecular weight is 247 g/mol. The molecule has 0 radical (unpaired) electrons. The molecule has 0 aliphatic heterocycles. The Balaban J connectivity index is 2.06. The third kappa shape index (κ3) is 3.22. The van der Waals surface area contributed by atoms with Crippen molar-refractivity contribution in [1.82, 2.24) is 4.98 Å². The van der Waals surface area contributed by atoms with E-state index in [0.29, 0.717) is 17.4 Å². The van der Waals surface area contributed by atoms with Crippen LogP contribution in [0.5, 0.6) is 0 Å². The summed E-state index contributed by atoms with van der Waals surface area (Å²) >= 11 is 0. The number of anilines is 1. The number of carbonyl (C=O) groups is 1. The molecule has 1 aromatic rings. The van der Waals surface area contributed by atoms with Gasteiger partial charge in [0, 0.05) is 12.2 Å². The summed E-state index contributed by atoms with van der Waals surface area (Å²) in [7, 11) is 0. The smallest absolute Gasteiger partial charge is 0.252 e. The van der Waals surface area contributed by atoms with Crippen LogP contribution < -0.4 is 11.1 Å². The van der Waals surface area contributed by atoms with Gasteiger partial charge in [-0.1, -0.05) is 19.8 Å². The topological polar surface area (TPSA) is 68.0 Å². The number of nitrogens with zero attached hydrogens (tertiary/aromatic N) is 1. The van der Waals surface area contributed by atoms with E-state index in [-0.39, 0.29) is 0 Å². The van der Waals surface area contributed by atoms with Crippen molar-refractivity contribution in [2.24, 2.45) is 11.7 Å². The molecule has 3 N–H and O–H groups in total. The molecule has 1 fully saturated rings. The van der Waals surface area contributed by atoms with Crippen molar-refractivity contribution in [2.45, 2.75) is 45.1 Å². The Kier molecular flexibility index (Phi) is 4.18. The summed E-state index contributed by atoms with van der Waals surface area (Å²) in [5.74, 6) is 1.01. The molecule has 4 heteroatoms. The summed E-state index contributed by atoms with van der Waals surface area (Å²) in [6, 6.07) is 3.86. The minimum atomic E-state index is -0.424. The molecular weight excluding hydrogens is 226 g/mol. The minimum Gasteiger partial charge on any atom is -0.367 e. The first-order chi connectivity index (χ1) is 8.66. The first kappa shape index (κ1) is 12.9. The van der Waals surface area contributed by atoms with Gasteiger partial charge in [0.25, 0.3) is 5.91 Å². The van der Waals surface area contributed by atoms with Crippen molar-refractivity contribution in [3.8, 4) is 0 Å². The fourth-order valence-electron chi connectivity index (χ4n) is 2.54. The largest absolute Gasteiger partial charge is 0.367 e. The van der Waals surface area contributed by atoms with Crippen LogP contribution in [0.25, 0.3) is 0 Å². The highest BCUT2D eigenvalue weighted by molar-refractivity contribution is 5.97. The van der Waals surface area contributed by atoms with Crippen LogP contribution >= 0.6 is 0 Å². The third-order valence-corrected chi connectivity index (χ3v) is 3.67. The number of amides is 1. The van der Waals surface area contributed by atoms with Gasteiger partial charge >= 0.3 is 0 Å². The van der Waals surface area contributed by atoms with Gasteiger partial charge in [-0.15, -0.1) is 0 Å². The molecule has 2 rings (SSSR count). The lowest BCUT2D eigenvalue weighted by Gasteiger charge is -2.18. The monoisotopic (exact) mass is 247 g/mol. The number of carbonyl (C=O) groups excluding carboxylic acids is 1. The number of nitrogens with one attached hydrogen (secondary N) is 1. The van der Waals surface area contributed by atoms with E-state index in [1.54, 1.807) is 18.3 Å². The lowest BCUT2D eigenvalue weighted by Crippen LogP contribution is -2.22. The molecule has 98 valence electrons. The lowest BCUT2D eigenvalue weighted by atomic mass is 10.0. The fraction of sp³-hybridized carbons (Fsp3) is 0.571. The third-order valence-electron chi connectivity index (χ3n) is 3.67. The summed E-state index contributed by atoms with van der Waals surface area (Å²) in [5, 5.41) is 3.38. The van der Waals surface area contributed by atoms with E-state index in [0.717, 1.165) is 18.8 Å². The molecule has 1 aliphatic carbocycles. The summed E-state index contributed by atoms with van der Waals surface area (Å²) in [5.41, 5.74) is 5.83. The quantitative estimate of drug-likeness (QED) is 0.807. The van der Waals surface area contributed by atoms with Crippen LogP contribution in [0.3, 0.4) is 0 Å². The van der Waals surface area contributed by atoms with Crippen LogP contribution in [0.4, 0.5) is 5.82 Å². The van der Waals surface area contributed by atoms with E-state index < -0.39 is 5.91 Å². The highest BCUT2D eigenvalue weighted by atomic mass is 16.1. The van der Waals surface area contributed by atoms with Gasteiger partial charge in [0.2, 0.25) is 0 Å². The van der Waals surface area contributed by atoms with Crippen molar-refractivity contribution in [1.29, 1.82) is 0 Å². The van der Waals surface area contributed by atoms with Gasteiger partial charge < -0.3 is 11.1 Å². The van der Waals surface area contributed by atoms with Crippen molar-refractivity contribution >= 4 is 11.7 Å². The summed E-state index contributed by atoms with van der Waals surface area (Å²) in [4.78, 5) is 15.6. The van der Waals surface area contributed by atoms with Gasteiger partial charge in [0.1, 0.15) is 5.82 Å². The maximum atomic E-state index is 11.3. The van der Waals surface area contributed by atoms with E-state index in [4.69, 9.17) is 5.73 Å². The molecule has 0 saturated heterocycles. The molecule has 0 bridgehead atoms. The van der Waals surface area contributed by atoms with E-state index >= 15 is 0 Å². The molecule has 0 spiro atoms. The van der Waals surface area contributed by atoms with Gasteiger partial charge in [-0.05, 0) is 37.3 Å². The average Bonchev–Trinajstić information content (AvgIpc) is 2.55. The zero-order valence-electron chi connectivity index (χ0n) is 10.9. The van der Waals surface area contributed by atoms with Crippen molar-refractivity contribution < 1.29 is 4.79 Å². The Morgan fingerprint density at radius 2 is 2.22 bits per heavy atom. The van der Waals surface area contributed by atoms with E-state index in [1.807, 2.05) is 0 Å². The summed E-state index contributed by atoms with van der Waals surface area (Å²) in [6.45, 7) is 2.30. The lowest BCUT2D eigenvalue weighted by molar-refractivity contribution is 0.100. The molecular formula is C14H21N3O. The molecule has 1 saturated carbocycles. The fourth-order valence-corrected chi connectivity index (χ4v) is 2.54. The SMILES string of the molecule is CC1CCCC(Nc2ncccc2C(N)=O)CC1. The molecule has 4 nitrogen and oxygen atoms in total. The Morgan fingerprint density at radius 1 is 1.39 bits per heavy atom.